The predicted molar refractivity (Wildman–Crippen MR) is 83.3 cm³/mol. The minimum atomic E-state index is -3.27. The quantitative estimate of drug-likeness (QED) is 0.775. The third-order valence-electron chi connectivity index (χ3n) is 5.31. The maximum Gasteiger partial charge on any atom is 0.241 e. The van der Waals surface area contributed by atoms with Crippen LogP contribution in [0.2, 0.25) is 0 Å². The second kappa shape index (κ2) is 5.54. The van der Waals surface area contributed by atoms with Gasteiger partial charge in [-0.2, -0.15) is 4.31 Å². The summed E-state index contributed by atoms with van der Waals surface area (Å²) >= 11 is 0. The molecule has 21 heavy (non-hydrogen) atoms. The monoisotopic (exact) mass is 316 g/mol. The molecule has 0 aromatic rings. The van der Waals surface area contributed by atoms with Gasteiger partial charge in [0, 0.05) is 19.6 Å². The average Bonchev–Trinajstić information content (AvgIpc) is 3.05. The molecular weight excluding hydrogens is 288 g/mol. The Morgan fingerprint density at radius 1 is 1.24 bits per heavy atom. The van der Waals surface area contributed by atoms with Crippen LogP contribution in [0.1, 0.15) is 47.0 Å². The van der Waals surface area contributed by atoms with Gasteiger partial charge in [-0.05, 0) is 37.5 Å². The molecule has 0 aromatic carbocycles. The first-order chi connectivity index (χ1) is 9.60. The topological polar surface area (TPSA) is 57.7 Å². The summed E-state index contributed by atoms with van der Waals surface area (Å²) in [6, 6.07) is -0.413. The number of likely N-dealkylation sites (N-methyl/N-ethyl adjacent to an activating group) is 1. The fraction of sp³-hybridized carbons (Fsp3) is 0.933. The zero-order valence-corrected chi connectivity index (χ0v) is 14.6. The molecule has 0 N–H and O–H groups in total. The Labute approximate surface area is 128 Å². The second-order valence-electron chi connectivity index (χ2n) is 7.25. The van der Waals surface area contributed by atoms with Crippen molar-refractivity contribution in [2.24, 2.45) is 11.3 Å². The summed E-state index contributed by atoms with van der Waals surface area (Å²) in [7, 11) is -1.46. The predicted octanol–water partition coefficient (Wildman–Crippen LogP) is 1.69. The maximum absolute atomic E-state index is 12.9. The summed E-state index contributed by atoms with van der Waals surface area (Å²) in [4.78, 5) is 14.7. The summed E-state index contributed by atoms with van der Waals surface area (Å²) in [5.41, 5.74) is 0.204. The van der Waals surface area contributed by atoms with Gasteiger partial charge in [0.25, 0.3) is 0 Å². The Hall–Kier alpha value is -0.620. The number of carbonyl (C=O) groups excluding carboxylic acids is 1. The van der Waals surface area contributed by atoms with Gasteiger partial charge in [-0.15, -0.1) is 0 Å². The Morgan fingerprint density at radius 3 is 2.19 bits per heavy atom. The van der Waals surface area contributed by atoms with Crippen LogP contribution >= 0.6 is 0 Å². The molecular formula is C15H28N2O3S. The molecule has 0 aromatic heterocycles. The third kappa shape index (κ3) is 3.11. The number of carbonyl (C=O) groups is 1. The molecule has 6 heteroatoms. The molecule has 122 valence electrons. The molecule has 2 fully saturated rings. The van der Waals surface area contributed by atoms with Crippen LogP contribution in [-0.2, 0) is 14.8 Å². The molecule has 0 radical (unpaired) electrons. The summed E-state index contributed by atoms with van der Waals surface area (Å²) in [6.45, 7) is 8.58. The van der Waals surface area contributed by atoms with Crippen LogP contribution < -0.4 is 0 Å². The second-order valence-corrected chi connectivity index (χ2v) is 9.29. The fourth-order valence-corrected chi connectivity index (χ4v) is 5.01. The van der Waals surface area contributed by atoms with E-state index in [1.807, 2.05) is 20.9 Å². The van der Waals surface area contributed by atoms with Gasteiger partial charge in [-0.25, -0.2) is 8.42 Å². The Balaban J connectivity index is 2.20. The first-order valence-corrected chi connectivity index (χ1v) is 9.47. The van der Waals surface area contributed by atoms with E-state index in [0.717, 1.165) is 12.8 Å². The molecule has 1 aliphatic carbocycles. The molecule has 2 aliphatic rings. The fourth-order valence-electron chi connectivity index (χ4n) is 3.19. The van der Waals surface area contributed by atoms with Crippen molar-refractivity contribution in [2.75, 3.05) is 19.3 Å². The van der Waals surface area contributed by atoms with Gasteiger partial charge in [0.1, 0.15) is 6.04 Å². The highest BCUT2D eigenvalue weighted by molar-refractivity contribution is 7.89. The number of hydrogen-bond acceptors (Lipinski definition) is 3. The van der Waals surface area contributed by atoms with Gasteiger partial charge < -0.3 is 4.90 Å². The number of amides is 1. The number of rotatable bonds is 5. The maximum atomic E-state index is 12.9. The summed E-state index contributed by atoms with van der Waals surface area (Å²) < 4.78 is 25.8. The zero-order chi connectivity index (χ0) is 16.0. The highest BCUT2D eigenvalue weighted by atomic mass is 32.2. The van der Waals surface area contributed by atoms with Crippen LogP contribution in [0.4, 0.5) is 0 Å². The molecule has 0 unspecified atom stereocenters. The van der Waals surface area contributed by atoms with Crippen LogP contribution in [-0.4, -0.2) is 55.0 Å². The molecule has 1 amide bonds. The SMILES string of the molecule is CC(C)[C@H](C(=O)N(C)[C@@H](C)C1(C)CC1)N1CCCS1(=O)=O. The molecule has 1 heterocycles. The van der Waals surface area contributed by atoms with Gasteiger partial charge in [-0.3, -0.25) is 4.79 Å². The summed E-state index contributed by atoms with van der Waals surface area (Å²) in [5, 5.41) is 0. The van der Waals surface area contributed by atoms with Crippen molar-refractivity contribution in [2.45, 2.75) is 59.0 Å². The van der Waals surface area contributed by atoms with Gasteiger partial charge in [0.2, 0.25) is 15.9 Å². The molecule has 2 atom stereocenters. The van der Waals surface area contributed by atoms with Gasteiger partial charge in [0.15, 0.2) is 0 Å². The van der Waals surface area contributed by atoms with Crippen molar-refractivity contribution in [1.82, 2.24) is 9.21 Å². The Kier molecular flexibility index (Phi) is 4.42. The number of sulfonamides is 1. The van der Waals surface area contributed by atoms with E-state index in [9.17, 15) is 13.2 Å². The van der Waals surface area contributed by atoms with Crippen molar-refractivity contribution in [3.05, 3.63) is 0 Å². The van der Waals surface area contributed by atoms with Gasteiger partial charge >= 0.3 is 0 Å². The van der Waals surface area contributed by atoms with Crippen LogP contribution in [0, 0.1) is 11.3 Å². The molecule has 2 rings (SSSR count). The van der Waals surface area contributed by atoms with E-state index in [2.05, 4.69) is 13.8 Å². The molecule has 5 nitrogen and oxygen atoms in total. The van der Waals surface area contributed by atoms with Gasteiger partial charge in [0.05, 0.1) is 5.75 Å². The average molecular weight is 316 g/mol. The zero-order valence-electron chi connectivity index (χ0n) is 13.8. The normalized spacial score (nSPS) is 26.6. The van der Waals surface area contributed by atoms with Crippen molar-refractivity contribution in [3.8, 4) is 0 Å². The van der Waals surface area contributed by atoms with Crippen molar-refractivity contribution in [1.29, 1.82) is 0 Å². The molecule has 0 bridgehead atoms. The molecule has 1 aliphatic heterocycles. The first-order valence-electron chi connectivity index (χ1n) is 7.86. The lowest BCUT2D eigenvalue weighted by Gasteiger charge is -2.36. The molecule has 1 saturated carbocycles. The third-order valence-corrected chi connectivity index (χ3v) is 7.24. The van der Waals surface area contributed by atoms with E-state index in [0.29, 0.717) is 13.0 Å². The highest BCUT2D eigenvalue weighted by Gasteiger charge is 2.48. The Bertz CT molecular complexity index is 511. The van der Waals surface area contributed by atoms with E-state index in [1.165, 1.54) is 4.31 Å². The van der Waals surface area contributed by atoms with Crippen LogP contribution in [0.3, 0.4) is 0 Å². The minimum Gasteiger partial charge on any atom is -0.341 e. The lowest BCUT2D eigenvalue weighted by Crippen LogP contribution is -2.54. The van der Waals surface area contributed by atoms with E-state index < -0.39 is 16.1 Å². The lowest BCUT2D eigenvalue weighted by atomic mass is 9.96. The lowest BCUT2D eigenvalue weighted by molar-refractivity contribution is -0.138. The van der Waals surface area contributed by atoms with Crippen LogP contribution in [0.5, 0.6) is 0 Å². The van der Waals surface area contributed by atoms with Gasteiger partial charge in [-0.1, -0.05) is 20.8 Å². The number of nitrogens with zero attached hydrogens (tertiary/aromatic N) is 2. The molecule has 0 spiro atoms. The largest absolute Gasteiger partial charge is 0.341 e. The standard InChI is InChI=1S/C15H28N2O3S/c1-11(2)13(17-9-6-10-21(17,19)20)14(18)16(5)12(3)15(4)7-8-15/h11-13H,6-10H2,1-5H3/t12-,13+/m0/s1. The van der Waals surface area contributed by atoms with E-state index in [-0.39, 0.29) is 29.0 Å². The number of hydrogen-bond donors (Lipinski definition) is 0. The Morgan fingerprint density at radius 2 is 1.81 bits per heavy atom. The van der Waals surface area contributed by atoms with Crippen LogP contribution in [0.25, 0.3) is 0 Å². The summed E-state index contributed by atoms with van der Waals surface area (Å²) in [6.07, 6.45) is 2.90. The van der Waals surface area contributed by atoms with E-state index in [4.69, 9.17) is 0 Å². The first kappa shape index (κ1) is 16.7. The highest BCUT2D eigenvalue weighted by Crippen LogP contribution is 2.49. The van der Waals surface area contributed by atoms with Crippen LogP contribution in [0.15, 0.2) is 0 Å². The minimum absolute atomic E-state index is 0.0213. The van der Waals surface area contributed by atoms with Crippen molar-refractivity contribution < 1.29 is 13.2 Å². The van der Waals surface area contributed by atoms with E-state index in [1.54, 1.807) is 4.90 Å². The smallest absolute Gasteiger partial charge is 0.241 e. The van der Waals surface area contributed by atoms with Crippen molar-refractivity contribution >= 4 is 15.9 Å². The van der Waals surface area contributed by atoms with Crippen molar-refractivity contribution in [3.63, 3.8) is 0 Å². The van der Waals surface area contributed by atoms with E-state index >= 15 is 0 Å². The molecule has 1 saturated heterocycles. The summed E-state index contributed by atoms with van der Waals surface area (Å²) in [5.74, 6) is 0.0867.